The fourth-order valence-electron chi connectivity index (χ4n) is 4.50. The molecule has 4 aromatic rings. The number of aldehydes is 1. The van der Waals surface area contributed by atoms with E-state index in [-0.39, 0.29) is 34.1 Å². The van der Waals surface area contributed by atoms with Crippen LogP contribution in [0.25, 0.3) is 22.3 Å². The average Bonchev–Trinajstić information content (AvgIpc) is 3.51. The summed E-state index contributed by atoms with van der Waals surface area (Å²) in [5, 5.41) is 9.65. The molecule has 0 saturated carbocycles. The minimum absolute atomic E-state index is 0.00485. The van der Waals surface area contributed by atoms with Crippen molar-refractivity contribution in [3.63, 3.8) is 0 Å². The Morgan fingerprint density at radius 1 is 0.750 bits per heavy atom. The molecule has 5 rings (SSSR count). The van der Waals surface area contributed by atoms with E-state index in [1.165, 1.54) is 11.8 Å². The third-order valence-electron chi connectivity index (χ3n) is 6.93. The molecule has 0 radical (unpaired) electrons. The number of carbonyl (C=O) groups excluding carboxylic acids is 3. The smallest absolute Gasteiger partial charge is 0.338 e. The van der Waals surface area contributed by atoms with Crippen LogP contribution in [0.3, 0.4) is 0 Å². The highest BCUT2D eigenvalue weighted by Gasteiger charge is 2.24. The van der Waals surface area contributed by atoms with Crippen molar-refractivity contribution in [3.05, 3.63) is 120 Å². The average molecular weight is 676 g/mol. The molecule has 0 aromatic heterocycles. The van der Waals surface area contributed by atoms with Crippen LogP contribution in [-0.4, -0.2) is 52.1 Å². The summed E-state index contributed by atoms with van der Waals surface area (Å²) >= 11 is 4.87. The first-order valence-corrected chi connectivity index (χ1v) is 16.3. The molecule has 1 unspecified atom stereocenters. The fourth-order valence-corrected chi connectivity index (χ4v) is 6.03. The van der Waals surface area contributed by atoms with Crippen LogP contribution in [0.15, 0.2) is 109 Å². The topological polar surface area (TPSA) is 89.9 Å². The Labute approximate surface area is 270 Å². The minimum Gasteiger partial charge on any atom is -0.461 e. The number of aliphatic hydroxyl groups is 1. The molecule has 4 aromatic carbocycles. The monoisotopic (exact) mass is 674 g/mol. The standard InChI is InChI=1S/C18H17BrO3.C18H18O3S/c19-17(7-4-12-20)13-22-18(21)16-10-8-15(9-11-16)14-5-2-1-3-6-14;19-17-11-10-16(22-17)12-21-18(20)15-8-6-14(7-9-15)13-4-2-1-3-5-13/h1-3,5-6,8-12,17H,4,7,13H2;1-9,16-17,19H,10-12H2/t17-;16-,17?/m10/s1. The molecule has 1 heterocycles. The van der Waals surface area contributed by atoms with Crippen molar-refractivity contribution < 1.29 is 29.0 Å². The molecule has 228 valence electrons. The number of hydrogen-bond donors (Lipinski definition) is 1. The van der Waals surface area contributed by atoms with Gasteiger partial charge in [-0.05, 0) is 65.8 Å². The molecule has 1 fully saturated rings. The summed E-state index contributed by atoms with van der Waals surface area (Å²) in [5.41, 5.74) is 5.13. The summed E-state index contributed by atoms with van der Waals surface area (Å²) in [4.78, 5) is 34.3. The van der Waals surface area contributed by atoms with Gasteiger partial charge in [-0.3, -0.25) is 0 Å². The number of ether oxygens (including phenoxy) is 2. The van der Waals surface area contributed by atoms with E-state index in [0.29, 0.717) is 30.6 Å². The Hall–Kier alpha value is -3.72. The lowest BCUT2D eigenvalue weighted by molar-refractivity contribution is -0.107. The third-order valence-corrected chi connectivity index (χ3v) is 8.96. The van der Waals surface area contributed by atoms with Crippen molar-refractivity contribution in [1.29, 1.82) is 0 Å². The second-order valence-corrected chi connectivity index (χ2v) is 13.0. The molecule has 0 spiro atoms. The Bertz CT molecular complexity index is 1460. The van der Waals surface area contributed by atoms with Gasteiger partial charge in [0, 0.05) is 16.5 Å². The fraction of sp³-hybridized carbons (Fsp3) is 0.250. The molecule has 1 N–H and O–H groups in total. The Balaban J connectivity index is 0.000000201. The maximum absolute atomic E-state index is 12.0. The van der Waals surface area contributed by atoms with E-state index in [4.69, 9.17) is 9.47 Å². The summed E-state index contributed by atoms with van der Waals surface area (Å²) in [7, 11) is 0. The summed E-state index contributed by atoms with van der Waals surface area (Å²) in [5.74, 6) is -0.656. The third kappa shape index (κ3) is 10.5. The number of alkyl halides is 1. The van der Waals surface area contributed by atoms with Crippen LogP contribution < -0.4 is 0 Å². The van der Waals surface area contributed by atoms with Crippen LogP contribution in [0.4, 0.5) is 0 Å². The largest absolute Gasteiger partial charge is 0.461 e. The molecular formula is C36H35BrO6S. The van der Waals surface area contributed by atoms with Crippen molar-refractivity contribution in [2.45, 2.75) is 41.2 Å². The molecule has 0 aliphatic carbocycles. The van der Waals surface area contributed by atoms with E-state index in [9.17, 15) is 19.5 Å². The zero-order valence-corrected chi connectivity index (χ0v) is 26.6. The summed E-state index contributed by atoms with van der Waals surface area (Å²) in [6.45, 7) is 0.619. The SMILES string of the molecule is O=C(OC[C@@H]1CCC(O)S1)c1ccc(-c2ccccc2)cc1.O=CCC[C@@H](Br)COC(=O)c1ccc(-c2ccccc2)cc1. The highest BCUT2D eigenvalue weighted by molar-refractivity contribution is 9.09. The van der Waals surface area contributed by atoms with E-state index in [0.717, 1.165) is 41.4 Å². The van der Waals surface area contributed by atoms with Crippen LogP contribution in [0, 0.1) is 0 Å². The van der Waals surface area contributed by atoms with Gasteiger partial charge in [-0.15, -0.1) is 11.8 Å². The highest BCUT2D eigenvalue weighted by Crippen LogP contribution is 2.32. The van der Waals surface area contributed by atoms with Gasteiger partial charge < -0.3 is 19.4 Å². The predicted octanol–water partition coefficient (Wildman–Crippen LogP) is 7.98. The molecule has 0 bridgehead atoms. The first-order chi connectivity index (χ1) is 21.4. The van der Waals surface area contributed by atoms with Gasteiger partial charge >= 0.3 is 11.9 Å². The van der Waals surface area contributed by atoms with Gasteiger partial charge in [0.15, 0.2) is 0 Å². The van der Waals surface area contributed by atoms with Crippen LogP contribution in [-0.2, 0) is 14.3 Å². The number of thioether (sulfide) groups is 1. The molecule has 3 atom stereocenters. The van der Waals surface area contributed by atoms with Gasteiger partial charge in [-0.2, -0.15) is 0 Å². The van der Waals surface area contributed by atoms with Gasteiger partial charge in [-0.1, -0.05) is 101 Å². The molecule has 44 heavy (non-hydrogen) atoms. The van der Waals surface area contributed by atoms with Crippen LogP contribution in [0.2, 0.25) is 0 Å². The van der Waals surface area contributed by atoms with Crippen LogP contribution in [0.1, 0.15) is 46.4 Å². The van der Waals surface area contributed by atoms with E-state index >= 15 is 0 Å². The lowest BCUT2D eigenvalue weighted by Crippen LogP contribution is -2.14. The van der Waals surface area contributed by atoms with Gasteiger partial charge in [0.05, 0.1) is 16.6 Å². The van der Waals surface area contributed by atoms with Crippen molar-refractivity contribution in [3.8, 4) is 22.3 Å². The Kier molecular flexibility index (Phi) is 13.2. The zero-order chi connectivity index (χ0) is 31.1. The van der Waals surface area contributed by atoms with Crippen LogP contribution >= 0.6 is 27.7 Å². The maximum atomic E-state index is 12.0. The van der Waals surface area contributed by atoms with Gasteiger partial charge in [0.2, 0.25) is 0 Å². The summed E-state index contributed by atoms with van der Waals surface area (Å²) in [6, 6.07) is 34.8. The number of aliphatic hydroxyl groups excluding tert-OH is 1. The molecular weight excluding hydrogens is 640 g/mol. The lowest BCUT2D eigenvalue weighted by Gasteiger charge is -2.10. The maximum Gasteiger partial charge on any atom is 0.338 e. The predicted molar refractivity (Wildman–Crippen MR) is 179 cm³/mol. The first kappa shape index (κ1) is 33.2. The van der Waals surface area contributed by atoms with E-state index in [2.05, 4.69) is 15.9 Å². The van der Waals surface area contributed by atoms with E-state index < -0.39 is 0 Å². The van der Waals surface area contributed by atoms with E-state index in [1.54, 1.807) is 24.3 Å². The van der Waals surface area contributed by atoms with Crippen molar-refractivity contribution in [1.82, 2.24) is 0 Å². The number of halogens is 1. The van der Waals surface area contributed by atoms with Crippen molar-refractivity contribution in [2.75, 3.05) is 13.2 Å². The number of esters is 2. The minimum atomic E-state index is -0.352. The first-order valence-electron chi connectivity index (χ1n) is 14.5. The Morgan fingerprint density at radius 3 is 1.68 bits per heavy atom. The number of carbonyl (C=O) groups is 3. The van der Waals surface area contributed by atoms with Crippen molar-refractivity contribution >= 4 is 45.9 Å². The summed E-state index contributed by atoms with van der Waals surface area (Å²) in [6.07, 6.45) is 3.64. The van der Waals surface area contributed by atoms with Crippen molar-refractivity contribution in [2.24, 2.45) is 0 Å². The molecule has 1 aliphatic rings. The Morgan fingerprint density at radius 2 is 1.23 bits per heavy atom. The highest BCUT2D eigenvalue weighted by atomic mass is 79.9. The summed E-state index contributed by atoms with van der Waals surface area (Å²) < 4.78 is 10.6. The van der Waals surface area contributed by atoms with E-state index in [1.807, 2.05) is 84.9 Å². The quantitative estimate of drug-likeness (QED) is 0.0980. The second kappa shape index (κ2) is 17.5. The zero-order valence-electron chi connectivity index (χ0n) is 24.2. The number of rotatable bonds is 11. The van der Waals surface area contributed by atoms with Gasteiger partial charge in [0.1, 0.15) is 19.5 Å². The molecule has 8 heteroatoms. The van der Waals surface area contributed by atoms with Gasteiger partial charge in [0.25, 0.3) is 0 Å². The molecule has 1 saturated heterocycles. The van der Waals surface area contributed by atoms with Gasteiger partial charge in [-0.25, -0.2) is 9.59 Å². The lowest BCUT2D eigenvalue weighted by atomic mass is 10.0. The van der Waals surface area contributed by atoms with Crippen LogP contribution in [0.5, 0.6) is 0 Å². The second-order valence-electron chi connectivity index (χ2n) is 10.2. The number of benzene rings is 4. The molecule has 1 aliphatic heterocycles. The number of hydrogen-bond acceptors (Lipinski definition) is 7. The molecule has 0 amide bonds. The molecule has 6 nitrogen and oxygen atoms in total. The normalized spacial score (nSPS) is 16.2.